The highest BCUT2D eigenvalue weighted by Gasteiger charge is 2.45. The van der Waals surface area contributed by atoms with E-state index in [1.807, 2.05) is 25.2 Å². The summed E-state index contributed by atoms with van der Waals surface area (Å²) < 4.78 is 0. The Morgan fingerprint density at radius 1 is 1.00 bits per heavy atom. The van der Waals surface area contributed by atoms with Crippen molar-refractivity contribution in [3.63, 3.8) is 0 Å². The van der Waals surface area contributed by atoms with Crippen molar-refractivity contribution in [3.8, 4) is 0 Å². The fourth-order valence-corrected chi connectivity index (χ4v) is 5.85. The van der Waals surface area contributed by atoms with Gasteiger partial charge in [0.1, 0.15) is 0 Å². The second-order valence-electron chi connectivity index (χ2n) is 10.3. The maximum absolute atomic E-state index is 12.6. The standard InChI is InChI=1S/C31H35N7O/c1-19-5-7-21(8-6-19)15-26(32)18-31(30-35-37-38-36-30)27-13-11-22(20(2)33-3)16-23(27)9-10-24-17-25(29(39)34-4)12-14-28(24)31/h5-8,11-14,16-17,26,33H,2,9-10,15,18,32H2,1,3-4H3,(H,34,39)(H,35,36,37,38)/t26-,31?/m1/s1. The lowest BCUT2D eigenvalue weighted by atomic mass is 9.67. The van der Waals surface area contributed by atoms with E-state index in [2.05, 4.69) is 87.2 Å². The van der Waals surface area contributed by atoms with Gasteiger partial charge in [-0.05, 0) is 84.2 Å². The van der Waals surface area contributed by atoms with Crippen LogP contribution in [0.2, 0.25) is 0 Å². The zero-order valence-electron chi connectivity index (χ0n) is 22.7. The number of aryl methyl sites for hydroxylation is 3. The zero-order chi connectivity index (χ0) is 27.6. The first-order chi connectivity index (χ1) is 18.8. The minimum Gasteiger partial charge on any atom is -0.388 e. The van der Waals surface area contributed by atoms with Gasteiger partial charge in [0.25, 0.3) is 5.91 Å². The van der Waals surface area contributed by atoms with Crippen molar-refractivity contribution in [2.24, 2.45) is 5.73 Å². The van der Waals surface area contributed by atoms with Crippen molar-refractivity contribution in [2.45, 2.75) is 44.1 Å². The number of fused-ring (bicyclic) bond motifs is 2. The van der Waals surface area contributed by atoms with E-state index in [0.29, 0.717) is 24.2 Å². The van der Waals surface area contributed by atoms with Crippen LogP contribution >= 0.6 is 0 Å². The molecule has 0 saturated heterocycles. The Bertz CT molecular complexity index is 1420. The van der Waals surface area contributed by atoms with Gasteiger partial charge in [-0.1, -0.05) is 59.8 Å². The van der Waals surface area contributed by atoms with E-state index >= 15 is 0 Å². The van der Waals surface area contributed by atoms with E-state index < -0.39 is 5.41 Å². The number of nitrogens with two attached hydrogens (primary N) is 1. The van der Waals surface area contributed by atoms with Gasteiger partial charge >= 0.3 is 0 Å². The van der Waals surface area contributed by atoms with Crippen LogP contribution < -0.4 is 16.4 Å². The summed E-state index contributed by atoms with van der Waals surface area (Å²) in [7, 11) is 3.52. The molecule has 0 saturated carbocycles. The maximum Gasteiger partial charge on any atom is 0.251 e. The number of rotatable bonds is 8. The monoisotopic (exact) mass is 521 g/mol. The molecule has 1 heterocycles. The summed E-state index contributed by atoms with van der Waals surface area (Å²) in [4.78, 5) is 12.6. The Kier molecular flexibility index (Phi) is 7.30. The van der Waals surface area contributed by atoms with Gasteiger partial charge in [0.05, 0.1) is 5.41 Å². The smallest absolute Gasteiger partial charge is 0.251 e. The highest BCUT2D eigenvalue weighted by atomic mass is 16.1. The molecule has 200 valence electrons. The van der Waals surface area contributed by atoms with Gasteiger partial charge < -0.3 is 16.4 Å². The molecule has 1 aliphatic rings. The lowest BCUT2D eigenvalue weighted by molar-refractivity contribution is 0.0963. The second kappa shape index (κ2) is 10.8. The Balaban J connectivity index is 1.71. The number of amides is 1. The molecule has 39 heavy (non-hydrogen) atoms. The second-order valence-corrected chi connectivity index (χ2v) is 10.3. The molecule has 0 fully saturated rings. The van der Waals surface area contributed by atoms with Crippen LogP contribution in [-0.4, -0.2) is 46.7 Å². The predicted molar refractivity (Wildman–Crippen MR) is 153 cm³/mol. The largest absolute Gasteiger partial charge is 0.388 e. The fraction of sp³-hybridized carbons (Fsp3) is 0.290. The van der Waals surface area contributed by atoms with Crippen LogP contribution in [0.3, 0.4) is 0 Å². The van der Waals surface area contributed by atoms with Crippen molar-refractivity contribution in [1.29, 1.82) is 0 Å². The number of hydrogen-bond donors (Lipinski definition) is 4. The molecule has 0 aliphatic heterocycles. The van der Waals surface area contributed by atoms with E-state index in [1.165, 1.54) is 16.7 Å². The van der Waals surface area contributed by atoms with E-state index in [9.17, 15) is 4.79 Å². The van der Waals surface area contributed by atoms with Crippen molar-refractivity contribution < 1.29 is 4.79 Å². The molecule has 0 spiro atoms. The van der Waals surface area contributed by atoms with Crippen LogP contribution in [-0.2, 0) is 24.7 Å². The number of aromatic nitrogens is 4. The third kappa shape index (κ3) is 4.95. The van der Waals surface area contributed by atoms with Crippen LogP contribution in [0.15, 0.2) is 67.2 Å². The number of benzene rings is 3. The third-order valence-electron chi connectivity index (χ3n) is 7.85. The molecule has 1 aromatic heterocycles. The first kappa shape index (κ1) is 26.3. The van der Waals surface area contributed by atoms with E-state index in [1.54, 1.807) is 7.05 Å². The Morgan fingerprint density at radius 2 is 1.64 bits per heavy atom. The predicted octanol–water partition coefficient (Wildman–Crippen LogP) is 3.45. The number of carbonyl (C=O) groups is 1. The van der Waals surface area contributed by atoms with Crippen LogP contribution in [0.4, 0.5) is 0 Å². The quantitative estimate of drug-likeness (QED) is 0.282. The molecule has 1 amide bonds. The van der Waals surface area contributed by atoms with Gasteiger partial charge in [-0.2, -0.15) is 5.21 Å². The highest BCUT2D eigenvalue weighted by Crippen LogP contribution is 2.47. The first-order valence-electron chi connectivity index (χ1n) is 13.3. The zero-order valence-corrected chi connectivity index (χ0v) is 22.7. The molecule has 1 unspecified atom stereocenters. The fourth-order valence-electron chi connectivity index (χ4n) is 5.85. The number of aromatic amines is 1. The van der Waals surface area contributed by atoms with Crippen molar-refractivity contribution in [3.05, 3.63) is 118 Å². The number of H-pyrrole nitrogens is 1. The summed E-state index contributed by atoms with van der Waals surface area (Å²) in [6, 6.07) is 20.7. The molecule has 0 bridgehead atoms. The Labute approximate surface area is 229 Å². The molecule has 4 aromatic rings. The number of hydrogen-bond acceptors (Lipinski definition) is 6. The summed E-state index contributed by atoms with van der Waals surface area (Å²) in [6.07, 6.45) is 2.81. The average Bonchev–Trinajstić information content (AvgIpc) is 3.46. The summed E-state index contributed by atoms with van der Waals surface area (Å²) >= 11 is 0. The van der Waals surface area contributed by atoms with Crippen molar-refractivity contribution in [2.75, 3.05) is 14.1 Å². The Morgan fingerprint density at radius 3 is 2.23 bits per heavy atom. The van der Waals surface area contributed by atoms with Gasteiger partial charge in [-0.3, -0.25) is 4.79 Å². The molecular formula is C31H35N7O. The number of nitrogens with one attached hydrogen (secondary N) is 3. The number of carbonyl (C=O) groups excluding carboxylic acids is 1. The van der Waals surface area contributed by atoms with E-state index in [0.717, 1.165) is 40.8 Å². The average molecular weight is 522 g/mol. The summed E-state index contributed by atoms with van der Waals surface area (Å²) in [5, 5.41) is 21.7. The molecule has 3 aromatic carbocycles. The molecule has 1 aliphatic carbocycles. The molecule has 5 rings (SSSR count). The van der Waals surface area contributed by atoms with Gasteiger partial charge in [-0.15, -0.1) is 10.2 Å². The molecule has 8 nitrogen and oxygen atoms in total. The van der Waals surface area contributed by atoms with Crippen molar-refractivity contribution in [1.82, 2.24) is 31.3 Å². The molecule has 2 atom stereocenters. The highest BCUT2D eigenvalue weighted by molar-refractivity contribution is 5.94. The molecule has 0 radical (unpaired) electrons. The normalized spacial score (nSPS) is 16.9. The summed E-state index contributed by atoms with van der Waals surface area (Å²) in [5.41, 5.74) is 15.5. The summed E-state index contributed by atoms with van der Waals surface area (Å²) in [6.45, 7) is 6.25. The molecular weight excluding hydrogens is 486 g/mol. The molecule has 8 heteroatoms. The van der Waals surface area contributed by atoms with Gasteiger partial charge in [-0.25, -0.2) is 0 Å². The number of tetrazole rings is 1. The van der Waals surface area contributed by atoms with Crippen LogP contribution in [0, 0.1) is 6.92 Å². The maximum atomic E-state index is 12.6. The van der Waals surface area contributed by atoms with Gasteiger partial charge in [0.2, 0.25) is 0 Å². The van der Waals surface area contributed by atoms with E-state index in [-0.39, 0.29) is 11.9 Å². The lowest BCUT2D eigenvalue weighted by Gasteiger charge is -2.36. The third-order valence-corrected chi connectivity index (χ3v) is 7.85. The first-order valence-corrected chi connectivity index (χ1v) is 13.3. The minimum absolute atomic E-state index is 0.117. The van der Waals surface area contributed by atoms with Crippen molar-refractivity contribution >= 4 is 11.6 Å². The van der Waals surface area contributed by atoms with Crippen LogP contribution in [0.5, 0.6) is 0 Å². The van der Waals surface area contributed by atoms with Crippen LogP contribution in [0.1, 0.15) is 61.5 Å². The topological polar surface area (TPSA) is 122 Å². The Hall–Kier alpha value is -4.30. The minimum atomic E-state index is -0.765. The lowest BCUT2D eigenvalue weighted by Crippen LogP contribution is -2.40. The summed E-state index contributed by atoms with van der Waals surface area (Å²) in [5.74, 6) is 0.451. The molecule has 5 N–H and O–H groups in total. The van der Waals surface area contributed by atoms with Gasteiger partial charge in [0, 0.05) is 31.4 Å². The number of nitrogens with zero attached hydrogens (tertiary/aromatic N) is 3. The van der Waals surface area contributed by atoms with E-state index in [4.69, 9.17) is 5.73 Å². The van der Waals surface area contributed by atoms with Gasteiger partial charge in [0.15, 0.2) is 5.82 Å². The van der Waals surface area contributed by atoms with Crippen LogP contribution in [0.25, 0.3) is 5.70 Å². The SMILES string of the molecule is C=C(NC)c1ccc2c(c1)CCc1cc(C(=O)NC)ccc1C2(C[C@H](N)Cc1ccc(C)cc1)c1nn[nH]n1.